The van der Waals surface area contributed by atoms with Crippen LogP contribution in [0.25, 0.3) is 0 Å². The van der Waals surface area contributed by atoms with E-state index < -0.39 is 0 Å². The molecule has 0 radical (unpaired) electrons. The van der Waals surface area contributed by atoms with Crippen LogP contribution >= 0.6 is 15.9 Å². The van der Waals surface area contributed by atoms with E-state index in [-0.39, 0.29) is 0 Å². The fraction of sp³-hybridized carbons (Fsp3) is 0.600. The molecule has 100 valence electrons. The summed E-state index contributed by atoms with van der Waals surface area (Å²) in [6.45, 7) is 3.46. The molecule has 0 amide bonds. The van der Waals surface area contributed by atoms with Crippen molar-refractivity contribution in [2.75, 3.05) is 11.9 Å². The standard InChI is InChI=1S/C15H23BrN2/c1-12(11-15-5-3-2-4-10-17-15)18-14-8-6-13(16)7-9-14/h6-9,12,15,17-18H,2-5,10-11H2,1H3. The van der Waals surface area contributed by atoms with Gasteiger partial charge in [-0.2, -0.15) is 0 Å². The molecule has 0 aliphatic carbocycles. The van der Waals surface area contributed by atoms with Crippen LogP contribution in [0, 0.1) is 0 Å². The fourth-order valence-corrected chi connectivity index (χ4v) is 2.88. The SMILES string of the molecule is CC(CC1CCCCCN1)Nc1ccc(Br)cc1. The molecule has 2 rings (SSSR count). The molecule has 1 heterocycles. The lowest BCUT2D eigenvalue weighted by molar-refractivity contribution is 0.456. The molecular formula is C15H23BrN2. The van der Waals surface area contributed by atoms with Crippen molar-refractivity contribution in [1.82, 2.24) is 5.32 Å². The van der Waals surface area contributed by atoms with E-state index >= 15 is 0 Å². The minimum Gasteiger partial charge on any atom is -0.383 e. The third-order valence-corrected chi connectivity index (χ3v) is 4.09. The number of benzene rings is 1. The number of rotatable bonds is 4. The summed E-state index contributed by atoms with van der Waals surface area (Å²) in [7, 11) is 0. The van der Waals surface area contributed by atoms with E-state index in [0.717, 1.165) is 4.47 Å². The quantitative estimate of drug-likeness (QED) is 0.872. The van der Waals surface area contributed by atoms with Crippen LogP contribution in [0.2, 0.25) is 0 Å². The van der Waals surface area contributed by atoms with Crippen molar-refractivity contribution < 1.29 is 0 Å². The van der Waals surface area contributed by atoms with Gasteiger partial charge in [0.15, 0.2) is 0 Å². The minimum absolute atomic E-state index is 0.516. The Kier molecular flexibility index (Phi) is 5.51. The van der Waals surface area contributed by atoms with Gasteiger partial charge in [0.25, 0.3) is 0 Å². The Hall–Kier alpha value is -0.540. The second-order valence-corrected chi connectivity index (χ2v) is 6.20. The van der Waals surface area contributed by atoms with Gasteiger partial charge in [-0.3, -0.25) is 0 Å². The highest BCUT2D eigenvalue weighted by molar-refractivity contribution is 9.10. The molecule has 0 saturated carbocycles. The Balaban J connectivity index is 1.80. The molecule has 2 unspecified atom stereocenters. The maximum Gasteiger partial charge on any atom is 0.0342 e. The first kappa shape index (κ1) is 13.9. The second-order valence-electron chi connectivity index (χ2n) is 5.29. The Morgan fingerprint density at radius 1 is 1.28 bits per heavy atom. The zero-order valence-corrected chi connectivity index (χ0v) is 12.7. The van der Waals surface area contributed by atoms with Gasteiger partial charge in [0.2, 0.25) is 0 Å². The van der Waals surface area contributed by atoms with Gasteiger partial charge in [0.05, 0.1) is 0 Å². The van der Waals surface area contributed by atoms with Crippen molar-refractivity contribution in [2.45, 2.75) is 51.1 Å². The first-order chi connectivity index (χ1) is 8.74. The molecule has 0 spiro atoms. The van der Waals surface area contributed by atoms with Gasteiger partial charge in [-0.15, -0.1) is 0 Å². The van der Waals surface area contributed by atoms with Crippen LogP contribution in [-0.4, -0.2) is 18.6 Å². The van der Waals surface area contributed by atoms with Crippen LogP contribution < -0.4 is 10.6 Å². The zero-order valence-electron chi connectivity index (χ0n) is 11.1. The van der Waals surface area contributed by atoms with Crippen LogP contribution in [0.3, 0.4) is 0 Å². The molecule has 3 heteroatoms. The molecule has 2 atom stereocenters. The Morgan fingerprint density at radius 2 is 2.06 bits per heavy atom. The summed E-state index contributed by atoms with van der Waals surface area (Å²) in [6.07, 6.45) is 6.63. The van der Waals surface area contributed by atoms with E-state index in [2.05, 4.69) is 57.8 Å². The van der Waals surface area contributed by atoms with E-state index in [1.165, 1.54) is 44.3 Å². The first-order valence-corrected chi connectivity index (χ1v) is 7.79. The topological polar surface area (TPSA) is 24.1 Å². The average molecular weight is 311 g/mol. The van der Waals surface area contributed by atoms with Gasteiger partial charge in [0.1, 0.15) is 0 Å². The van der Waals surface area contributed by atoms with Crippen molar-refractivity contribution in [3.05, 3.63) is 28.7 Å². The number of hydrogen-bond acceptors (Lipinski definition) is 2. The third-order valence-electron chi connectivity index (χ3n) is 3.56. The Bertz CT molecular complexity index is 342. The van der Waals surface area contributed by atoms with Crippen molar-refractivity contribution in [3.8, 4) is 0 Å². The average Bonchev–Trinajstić information content (AvgIpc) is 2.61. The van der Waals surface area contributed by atoms with E-state index in [1.807, 2.05) is 0 Å². The molecule has 1 fully saturated rings. The highest BCUT2D eigenvalue weighted by Crippen LogP contribution is 2.17. The maximum atomic E-state index is 3.66. The molecule has 1 aromatic rings. The summed E-state index contributed by atoms with van der Waals surface area (Å²) in [6, 6.07) is 9.62. The Labute approximate surface area is 119 Å². The summed E-state index contributed by atoms with van der Waals surface area (Å²) in [5.41, 5.74) is 1.21. The molecule has 18 heavy (non-hydrogen) atoms. The molecular weight excluding hydrogens is 288 g/mol. The number of anilines is 1. The smallest absolute Gasteiger partial charge is 0.0342 e. The van der Waals surface area contributed by atoms with Crippen LogP contribution in [0.4, 0.5) is 5.69 Å². The molecule has 0 bridgehead atoms. The fourth-order valence-electron chi connectivity index (χ4n) is 2.62. The van der Waals surface area contributed by atoms with Crippen LogP contribution in [-0.2, 0) is 0 Å². The van der Waals surface area contributed by atoms with Gasteiger partial charge in [-0.1, -0.05) is 28.8 Å². The van der Waals surface area contributed by atoms with Crippen molar-refractivity contribution in [2.24, 2.45) is 0 Å². The van der Waals surface area contributed by atoms with Crippen LogP contribution in [0.15, 0.2) is 28.7 Å². The predicted molar refractivity (Wildman–Crippen MR) is 82.1 cm³/mol. The largest absolute Gasteiger partial charge is 0.383 e. The maximum absolute atomic E-state index is 3.66. The lowest BCUT2D eigenvalue weighted by Gasteiger charge is -2.22. The number of nitrogens with one attached hydrogen (secondary N) is 2. The lowest BCUT2D eigenvalue weighted by Crippen LogP contribution is -2.33. The van der Waals surface area contributed by atoms with Crippen molar-refractivity contribution in [3.63, 3.8) is 0 Å². The van der Waals surface area contributed by atoms with Gasteiger partial charge in [0, 0.05) is 22.2 Å². The highest BCUT2D eigenvalue weighted by atomic mass is 79.9. The predicted octanol–water partition coefficient (Wildman–Crippen LogP) is 4.17. The van der Waals surface area contributed by atoms with E-state index in [1.54, 1.807) is 0 Å². The van der Waals surface area contributed by atoms with Gasteiger partial charge in [-0.25, -0.2) is 0 Å². The molecule has 1 aromatic carbocycles. The summed E-state index contributed by atoms with van der Waals surface area (Å²) >= 11 is 3.46. The van der Waals surface area contributed by atoms with Crippen molar-refractivity contribution >= 4 is 21.6 Å². The second kappa shape index (κ2) is 7.15. The summed E-state index contributed by atoms with van der Waals surface area (Å²) < 4.78 is 1.13. The van der Waals surface area contributed by atoms with Crippen molar-refractivity contribution in [1.29, 1.82) is 0 Å². The molecule has 1 aliphatic heterocycles. The van der Waals surface area contributed by atoms with E-state index in [9.17, 15) is 0 Å². The van der Waals surface area contributed by atoms with Gasteiger partial charge in [-0.05, 0) is 57.0 Å². The Morgan fingerprint density at radius 3 is 2.83 bits per heavy atom. The normalized spacial score (nSPS) is 22.2. The molecule has 2 N–H and O–H groups in total. The summed E-state index contributed by atoms with van der Waals surface area (Å²) in [5, 5.41) is 7.24. The van der Waals surface area contributed by atoms with Gasteiger partial charge >= 0.3 is 0 Å². The lowest BCUT2D eigenvalue weighted by atomic mass is 10.0. The summed E-state index contributed by atoms with van der Waals surface area (Å²) in [4.78, 5) is 0. The highest BCUT2D eigenvalue weighted by Gasteiger charge is 2.14. The molecule has 0 aromatic heterocycles. The third kappa shape index (κ3) is 4.62. The first-order valence-electron chi connectivity index (χ1n) is 6.99. The molecule has 1 saturated heterocycles. The van der Waals surface area contributed by atoms with E-state index in [4.69, 9.17) is 0 Å². The van der Waals surface area contributed by atoms with Crippen LogP contribution in [0.5, 0.6) is 0 Å². The number of hydrogen-bond donors (Lipinski definition) is 2. The van der Waals surface area contributed by atoms with E-state index in [0.29, 0.717) is 12.1 Å². The molecule has 1 aliphatic rings. The zero-order chi connectivity index (χ0) is 12.8. The number of halogens is 1. The minimum atomic E-state index is 0.516. The molecule has 2 nitrogen and oxygen atoms in total. The monoisotopic (exact) mass is 310 g/mol. The van der Waals surface area contributed by atoms with Gasteiger partial charge < -0.3 is 10.6 Å². The summed E-state index contributed by atoms with van der Waals surface area (Å²) in [5.74, 6) is 0. The van der Waals surface area contributed by atoms with Crippen LogP contribution in [0.1, 0.15) is 39.0 Å².